The van der Waals surface area contributed by atoms with Crippen LogP contribution < -0.4 is 0 Å². The Balaban J connectivity index is 1.44. The lowest BCUT2D eigenvalue weighted by molar-refractivity contribution is 1.41. The van der Waals surface area contributed by atoms with Crippen LogP contribution in [0.4, 0.5) is 0 Å². The molecule has 230 valence electrons. The van der Waals surface area contributed by atoms with Crippen molar-refractivity contribution >= 4 is 61.1 Å². The lowest BCUT2D eigenvalue weighted by atomic mass is 9.86. The summed E-state index contributed by atoms with van der Waals surface area (Å²) >= 11 is 4.02. The Kier molecular flexibility index (Phi) is 7.25. The van der Waals surface area contributed by atoms with E-state index < -0.39 is 0 Å². The molecular weight excluding hydrogens is 664 g/mol. The molecular formula is C44H27BrN4. The molecule has 4 nitrogen and oxygen atoms in total. The molecule has 5 heteroatoms. The number of aliphatic imine (C=N–C) groups is 4. The molecule has 8 bridgehead atoms. The van der Waals surface area contributed by atoms with Gasteiger partial charge in [-0.3, -0.25) is 0 Å². The van der Waals surface area contributed by atoms with Gasteiger partial charge in [-0.2, -0.15) is 0 Å². The van der Waals surface area contributed by atoms with E-state index in [0.717, 1.165) is 94.7 Å². The first-order chi connectivity index (χ1) is 24.2. The van der Waals surface area contributed by atoms with Gasteiger partial charge >= 0.3 is 0 Å². The Hall–Kier alpha value is -6.04. The predicted molar refractivity (Wildman–Crippen MR) is 208 cm³/mol. The molecule has 5 aliphatic heterocycles. The van der Waals surface area contributed by atoms with Crippen LogP contribution >= 0.6 is 15.9 Å². The monoisotopic (exact) mass is 690 g/mol. The number of allylic oxidation sites excluding steroid dienone is 12. The highest BCUT2D eigenvalue weighted by Crippen LogP contribution is 2.48. The zero-order valence-corrected chi connectivity index (χ0v) is 27.8. The summed E-state index contributed by atoms with van der Waals surface area (Å²) in [5.74, 6) is 0. The van der Waals surface area contributed by atoms with Gasteiger partial charge < -0.3 is 0 Å². The summed E-state index contributed by atoms with van der Waals surface area (Å²) in [6.45, 7) is 0. The van der Waals surface area contributed by atoms with Gasteiger partial charge in [-0.25, -0.2) is 20.0 Å². The maximum atomic E-state index is 5.57. The third-order valence-corrected chi connectivity index (χ3v) is 9.65. The first-order valence-corrected chi connectivity index (χ1v) is 17.0. The largest absolute Gasteiger partial charge is 0.249 e. The van der Waals surface area contributed by atoms with Crippen LogP contribution in [-0.2, 0) is 0 Å². The van der Waals surface area contributed by atoms with Crippen LogP contribution in [0.3, 0.4) is 0 Å². The summed E-state index contributed by atoms with van der Waals surface area (Å²) in [6.07, 6.45) is 14.3. The Labute approximate surface area is 293 Å². The highest BCUT2D eigenvalue weighted by Gasteiger charge is 2.34. The summed E-state index contributed by atoms with van der Waals surface area (Å²) < 4.78 is 0.907. The molecule has 0 spiro atoms. The minimum absolute atomic E-state index is 0.802. The van der Waals surface area contributed by atoms with Crippen molar-refractivity contribution in [1.82, 2.24) is 0 Å². The summed E-state index contributed by atoms with van der Waals surface area (Å²) in [6, 6.07) is 42.0. The van der Waals surface area contributed by atoms with E-state index in [1.54, 1.807) is 0 Å². The molecule has 0 aromatic heterocycles. The number of nitrogens with zero attached hydrogens (tertiary/aromatic N) is 4. The number of benzene rings is 4. The molecule has 0 aliphatic carbocycles. The minimum Gasteiger partial charge on any atom is -0.249 e. The highest BCUT2D eigenvalue weighted by molar-refractivity contribution is 9.12. The molecule has 9 rings (SSSR count). The van der Waals surface area contributed by atoms with Crippen molar-refractivity contribution in [2.24, 2.45) is 20.0 Å². The average molecular weight is 692 g/mol. The number of hydrogen-bond donors (Lipinski definition) is 0. The van der Waals surface area contributed by atoms with E-state index in [1.165, 1.54) is 0 Å². The maximum Gasteiger partial charge on any atom is 0.0828 e. The van der Waals surface area contributed by atoms with Gasteiger partial charge in [-0.05, 0) is 80.7 Å². The van der Waals surface area contributed by atoms with Crippen molar-refractivity contribution in [2.75, 3.05) is 0 Å². The van der Waals surface area contributed by atoms with Gasteiger partial charge in [0, 0.05) is 22.3 Å². The van der Waals surface area contributed by atoms with Crippen molar-refractivity contribution < 1.29 is 0 Å². The van der Waals surface area contributed by atoms with Crippen LogP contribution in [0.25, 0.3) is 22.3 Å². The van der Waals surface area contributed by atoms with Crippen LogP contribution in [0, 0.1) is 0 Å². The Morgan fingerprint density at radius 1 is 0.388 bits per heavy atom. The van der Waals surface area contributed by atoms with Gasteiger partial charge in [0.15, 0.2) is 0 Å². The number of fused-ring (bicyclic) bond motifs is 4. The fraction of sp³-hybridized carbons (Fsp3) is 0. The summed E-state index contributed by atoms with van der Waals surface area (Å²) in [7, 11) is 0. The Morgan fingerprint density at radius 3 is 1.43 bits per heavy atom. The Morgan fingerprint density at radius 2 is 0.857 bits per heavy atom. The van der Waals surface area contributed by atoms with Crippen molar-refractivity contribution in [2.45, 2.75) is 0 Å². The molecule has 0 radical (unpaired) electrons. The molecule has 5 heterocycles. The molecule has 0 N–H and O–H groups in total. The smallest absolute Gasteiger partial charge is 0.0828 e. The second kappa shape index (κ2) is 12.2. The van der Waals surface area contributed by atoms with Crippen LogP contribution in [0.1, 0.15) is 22.3 Å². The standard InChI is InChI=1S/C44H27BrN4/c45-42-37-27-35-24-22-33(47-35)25-32-21-23-34(46-32)26-36-38(28-13-5-1-6-14-28)39(29-15-7-2-8-16-29)43(48-36)41(31-19-11-4-12-20-31)44(49-37)40(42)30-17-9-3-10-18-30/h1-27H. The first-order valence-electron chi connectivity index (χ1n) is 16.2. The van der Waals surface area contributed by atoms with E-state index in [1.807, 2.05) is 48.6 Å². The van der Waals surface area contributed by atoms with E-state index in [-0.39, 0.29) is 0 Å². The van der Waals surface area contributed by atoms with Gasteiger partial charge in [0.25, 0.3) is 0 Å². The minimum atomic E-state index is 0.802. The summed E-state index contributed by atoms with van der Waals surface area (Å²) in [5.41, 5.74) is 15.0. The molecule has 0 fully saturated rings. The highest BCUT2D eigenvalue weighted by atomic mass is 79.9. The second-order valence-electron chi connectivity index (χ2n) is 12.0. The lowest BCUT2D eigenvalue weighted by Gasteiger charge is -2.17. The molecule has 49 heavy (non-hydrogen) atoms. The van der Waals surface area contributed by atoms with Crippen molar-refractivity contribution in [3.05, 3.63) is 213 Å². The Bertz CT molecular complexity index is 2430. The summed E-state index contributed by atoms with van der Waals surface area (Å²) in [4.78, 5) is 20.9. The van der Waals surface area contributed by atoms with Gasteiger partial charge in [-0.15, -0.1) is 0 Å². The molecule has 5 aliphatic rings. The van der Waals surface area contributed by atoms with Crippen molar-refractivity contribution in [1.29, 1.82) is 0 Å². The molecule has 0 atom stereocenters. The first kappa shape index (κ1) is 29.1. The van der Waals surface area contributed by atoms with Crippen LogP contribution in [0.5, 0.6) is 0 Å². The molecule has 4 aromatic rings. The average Bonchev–Trinajstić information content (AvgIpc) is 3.94. The number of rotatable bonds is 4. The quantitative estimate of drug-likeness (QED) is 0.205. The van der Waals surface area contributed by atoms with Gasteiger partial charge in [0.05, 0.1) is 50.1 Å². The van der Waals surface area contributed by atoms with E-state index >= 15 is 0 Å². The number of hydrogen-bond acceptors (Lipinski definition) is 4. The third kappa shape index (κ3) is 5.35. The third-order valence-electron chi connectivity index (χ3n) is 8.84. The van der Waals surface area contributed by atoms with E-state index in [0.29, 0.717) is 0 Å². The molecule has 0 unspecified atom stereocenters. The van der Waals surface area contributed by atoms with Gasteiger partial charge in [0.1, 0.15) is 0 Å². The zero-order chi connectivity index (χ0) is 32.7. The lowest BCUT2D eigenvalue weighted by Crippen LogP contribution is -2.07. The van der Waals surface area contributed by atoms with E-state index in [4.69, 9.17) is 20.0 Å². The molecule has 4 aromatic carbocycles. The van der Waals surface area contributed by atoms with Gasteiger partial charge in [-0.1, -0.05) is 121 Å². The van der Waals surface area contributed by atoms with Crippen molar-refractivity contribution in [3.63, 3.8) is 0 Å². The predicted octanol–water partition coefficient (Wildman–Crippen LogP) is 10.4. The fourth-order valence-corrected chi connectivity index (χ4v) is 7.30. The zero-order valence-electron chi connectivity index (χ0n) is 26.3. The molecule has 0 saturated heterocycles. The SMILES string of the molecule is BrC1=C(c2ccccc2)C2=NC1=CC1=NC(=CC3=NC(=CC4=NC(=C2c2ccccc2)C(c2ccccc2)=C4c2ccccc2)C=C3)C=C1. The van der Waals surface area contributed by atoms with Crippen LogP contribution in [-0.4, -0.2) is 22.8 Å². The van der Waals surface area contributed by atoms with E-state index in [2.05, 4.69) is 131 Å². The molecule has 0 saturated carbocycles. The maximum absolute atomic E-state index is 5.57. The summed E-state index contributed by atoms with van der Waals surface area (Å²) in [5, 5.41) is 0. The molecule has 0 amide bonds. The van der Waals surface area contributed by atoms with Crippen molar-refractivity contribution in [3.8, 4) is 0 Å². The number of halogens is 1. The second-order valence-corrected chi connectivity index (χ2v) is 12.8. The topological polar surface area (TPSA) is 49.4 Å². The fourth-order valence-electron chi connectivity index (χ4n) is 6.68. The van der Waals surface area contributed by atoms with Crippen LogP contribution in [0.15, 0.2) is 211 Å². The normalized spacial score (nSPS) is 17.9. The van der Waals surface area contributed by atoms with Crippen LogP contribution in [0.2, 0.25) is 0 Å². The van der Waals surface area contributed by atoms with E-state index in [9.17, 15) is 0 Å². The van der Waals surface area contributed by atoms with Gasteiger partial charge in [0.2, 0.25) is 0 Å².